The normalized spacial score (nSPS) is 59.8. The second-order valence-corrected chi connectivity index (χ2v) is 10.9. The van der Waals surface area contributed by atoms with Crippen LogP contribution in [0.15, 0.2) is 0 Å². The lowest BCUT2D eigenvalue weighted by molar-refractivity contribution is -0.230. The van der Waals surface area contributed by atoms with Crippen molar-refractivity contribution < 1.29 is 19.4 Å². The first-order chi connectivity index (χ1) is 12.2. The van der Waals surface area contributed by atoms with E-state index in [4.69, 9.17) is 9.47 Å². The summed E-state index contributed by atoms with van der Waals surface area (Å²) in [5.74, 6) is 1.41. The van der Waals surface area contributed by atoms with Crippen molar-refractivity contribution in [2.24, 2.45) is 34.0 Å². The van der Waals surface area contributed by atoms with Crippen molar-refractivity contribution >= 4 is 5.97 Å². The fourth-order valence-electron chi connectivity index (χ4n) is 8.70. The van der Waals surface area contributed by atoms with E-state index >= 15 is 0 Å². The third kappa shape index (κ3) is 1.86. The van der Waals surface area contributed by atoms with Crippen LogP contribution in [0.5, 0.6) is 0 Å². The van der Waals surface area contributed by atoms with Gasteiger partial charge in [-0.1, -0.05) is 20.3 Å². The van der Waals surface area contributed by atoms with Gasteiger partial charge in [0.2, 0.25) is 0 Å². The number of aliphatic hydroxyl groups is 1. The van der Waals surface area contributed by atoms with Gasteiger partial charge in [-0.05, 0) is 74.0 Å². The molecule has 2 bridgehead atoms. The Morgan fingerprint density at radius 3 is 2.65 bits per heavy atom. The van der Waals surface area contributed by atoms with Crippen molar-refractivity contribution in [3.8, 4) is 0 Å². The fraction of sp³-hybridized carbons (Fsp3) is 0.955. The third-order valence-electron chi connectivity index (χ3n) is 9.80. The van der Waals surface area contributed by atoms with Crippen molar-refractivity contribution in [2.75, 3.05) is 6.61 Å². The van der Waals surface area contributed by atoms with Crippen LogP contribution in [0, 0.1) is 34.0 Å². The van der Waals surface area contributed by atoms with Gasteiger partial charge in [0.1, 0.15) is 6.10 Å². The minimum atomic E-state index is -0.162. The molecule has 4 aliphatic carbocycles. The minimum absolute atomic E-state index is 0.00227. The van der Waals surface area contributed by atoms with Crippen LogP contribution in [0.4, 0.5) is 0 Å². The Hall–Kier alpha value is -0.610. The zero-order valence-electron chi connectivity index (χ0n) is 16.7. The zero-order valence-corrected chi connectivity index (χ0v) is 16.7. The van der Waals surface area contributed by atoms with E-state index in [0.717, 1.165) is 19.3 Å². The monoisotopic (exact) mass is 362 g/mol. The van der Waals surface area contributed by atoms with Gasteiger partial charge in [-0.2, -0.15) is 0 Å². The van der Waals surface area contributed by atoms with E-state index in [1.165, 1.54) is 25.7 Å². The molecule has 0 aromatic rings. The van der Waals surface area contributed by atoms with Crippen LogP contribution in [-0.4, -0.2) is 35.5 Å². The van der Waals surface area contributed by atoms with Crippen LogP contribution in [-0.2, 0) is 14.3 Å². The summed E-state index contributed by atoms with van der Waals surface area (Å²) in [6, 6.07) is 0. The Morgan fingerprint density at radius 1 is 1.19 bits per heavy atom. The first kappa shape index (κ1) is 17.5. The summed E-state index contributed by atoms with van der Waals surface area (Å²) in [7, 11) is 0. The third-order valence-corrected chi connectivity index (χ3v) is 9.80. The molecule has 5 fully saturated rings. The molecular formula is C22H34O4. The molecule has 0 unspecified atom stereocenters. The Kier molecular flexibility index (Phi) is 3.40. The lowest BCUT2D eigenvalue weighted by Gasteiger charge is -2.66. The van der Waals surface area contributed by atoms with Gasteiger partial charge in [0, 0.05) is 18.9 Å². The molecule has 9 atom stereocenters. The van der Waals surface area contributed by atoms with Gasteiger partial charge in [0.25, 0.3) is 0 Å². The summed E-state index contributed by atoms with van der Waals surface area (Å²) in [6.07, 6.45) is 8.25. The summed E-state index contributed by atoms with van der Waals surface area (Å²) in [6.45, 7) is 8.82. The molecule has 5 rings (SSSR count). The predicted octanol–water partition coefficient (Wildman–Crippen LogP) is 3.70. The summed E-state index contributed by atoms with van der Waals surface area (Å²) >= 11 is 0. The lowest BCUT2D eigenvalue weighted by Crippen LogP contribution is -2.64. The van der Waals surface area contributed by atoms with Gasteiger partial charge in [-0.25, -0.2) is 0 Å². The molecule has 1 aliphatic heterocycles. The van der Waals surface area contributed by atoms with Crippen LogP contribution in [0.25, 0.3) is 0 Å². The van der Waals surface area contributed by atoms with E-state index in [9.17, 15) is 9.90 Å². The van der Waals surface area contributed by atoms with Gasteiger partial charge in [0.15, 0.2) is 0 Å². The summed E-state index contributed by atoms with van der Waals surface area (Å²) in [5, 5.41) is 10.3. The van der Waals surface area contributed by atoms with E-state index < -0.39 is 0 Å². The van der Waals surface area contributed by atoms with Crippen LogP contribution >= 0.6 is 0 Å². The van der Waals surface area contributed by atoms with Crippen LogP contribution in [0.3, 0.4) is 0 Å². The maximum atomic E-state index is 12.0. The molecule has 0 amide bonds. The minimum Gasteiger partial charge on any atom is -0.462 e. The van der Waals surface area contributed by atoms with Crippen molar-refractivity contribution in [1.82, 2.24) is 0 Å². The van der Waals surface area contributed by atoms with Crippen LogP contribution < -0.4 is 0 Å². The topological polar surface area (TPSA) is 59.1 Å². The van der Waals surface area contributed by atoms with E-state index in [2.05, 4.69) is 20.8 Å². The molecule has 4 heteroatoms. The molecule has 146 valence electrons. The van der Waals surface area contributed by atoms with Crippen molar-refractivity contribution in [1.29, 1.82) is 0 Å². The smallest absolute Gasteiger partial charge is 0.302 e. The number of carbonyl (C=O) groups excluding carboxylic acids is 1. The molecular weight excluding hydrogens is 328 g/mol. The number of hydrogen-bond acceptors (Lipinski definition) is 4. The number of aliphatic hydroxyl groups excluding tert-OH is 1. The highest BCUT2D eigenvalue weighted by Gasteiger charge is 2.82. The largest absolute Gasteiger partial charge is 0.462 e. The molecule has 1 heterocycles. The van der Waals surface area contributed by atoms with E-state index in [1.54, 1.807) is 6.92 Å². The molecule has 5 aliphatic rings. The fourth-order valence-corrected chi connectivity index (χ4v) is 8.70. The standard InChI is InChI=1S/C22H34O4/c1-13(24)25-17-10-16-19(2,12-23)8-5-9-20(16,3)15-7-6-14-11-22(15,17)18-21(14,4)26-18/h14-18,23H,5-12H2,1-4H3/t14-,15+,16-,17+,18+,19-,20+,21+,22-/m1/s1. The first-order valence-corrected chi connectivity index (χ1v) is 10.7. The number of carbonyl (C=O) groups is 1. The molecule has 4 saturated carbocycles. The Balaban J connectivity index is 1.62. The first-order valence-electron chi connectivity index (χ1n) is 10.7. The molecule has 26 heavy (non-hydrogen) atoms. The Morgan fingerprint density at radius 2 is 1.96 bits per heavy atom. The Labute approximate surface area is 157 Å². The van der Waals surface area contributed by atoms with Gasteiger partial charge >= 0.3 is 5.97 Å². The number of ether oxygens (including phenoxy) is 2. The Bertz CT molecular complexity index is 648. The maximum Gasteiger partial charge on any atom is 0.302 e. The second kappa shape index (κ2) is 5.05. The summed E-state index contributed by atoms with van der Waals surface area (Å²) in [5.41, 5.74) is 0.179. The number of fused-ring (bicyclic) bond motifs is 5. The maximum absolute atomic E-state index is 12.0. The van der Waals surface area contributed by atoms with E-state index in [0.29, 0.717) is 17.8 Å². The molecule has 1 saturated heterocycles. The van der Waals surface area contributed by atoms with E-state index in [1.807, 2.05) is 0 Å². The lowest BCUT2D eigenvalue weighted by atomic mass is 9.40. The number of rotatable bonds is 2. The van der Waals surface area contributed by atoms with Gasteiger partial charge < -0.3 is 14.6 Å². The number of esters is 1. The average Bonchev–Trinajstić information content (AvgIpc) is 3.25. The summed E-state index contributed by atoms with van der Waals surface area (Å²) < 4.78 is 12.4. The summed E-state index contributed by atoms with van der Waals surface area (Å²) in [4.78, 5) is 12.0. The molecule has 1 spiro atoms. The highest BCUT2D eigenvalue weighted by atomic mass is 16.6. The molecule has 0 radical (unpaired) electrons. The number of hydrogen-bond donors (Lipinski definition) is 1. The quantitative estimate of drug-likeness (QED) is 0.601. The van der Waals surface area contributed by atoms with Crippen LogP contribution in [0.1, 0.15) is 72.6 Å². The van der Waals surface area contributed by atoms with Gasteiger partial charge in [0.05, 0.1) is 11.7 Å². The predicted molar refractivity (Wildman–Crippen MR) is 97.4 cm³/mol. The average molecular weight is 363 g/mol. The molecule has 0 aromatic carbocycles. The van der Waals surface area contributed by atoms with E-state index in [-0.39, 0.29) is 46.6 Å². The number of epoxide rings is 1. The zero-order chi connectivity index (χ0) is 18.5. The second-order valence-electron chi connectivity index (χ2n) is 10.9. The van der Waals surface area contributed by atoms with Crippen molar-refractivity contribution in [2.45, 2.75) is 90.4 Å². The SMILES string of the molecule is CC(=O)O[C@H]1C[C@@H]2[C@@](C)(CO)CCC[C@@]2(C)[C@@H]2CC[C@@H]3C[C@]12[C@H]1O[C@@]31C. The van der Waals surface area contributed by atoms with Crippen molar-refractivity contribution in [3.63, 3.8) is 0 Å². The van der Waals surface area contributed by atoms with Gasteiger partial charge in [-0.15, -0.1) is 0 Å². The molecule has 0 aromatic heterocycles. The molecule has 1 N–H and O–H groups in total. The molecule has 4 nitrogen and oxygen atoms in total. The van der Waals surface area contributed by atoms with Gasteiger partial charge in [-0.3, -0.25) is 4.79 Å². The highest BCUT2D eigenvalue weighted by Crippen LogP contribution is 2.78. The van der Waals surface area contributed by atoms with Crippen molar-refractivity contribution in [3.05, 3.63) is 0 Å². The highest BCUT2D eigenvalue weighted by molar-refractivity contribution is 5.66. The van der Waals surface area contributed by atoms with Crippen LogP contribution in [0.2, 0.25) is 0 Å².